The SMILES string of the molecule is COC(=O)C(NC(=O)c1ccc([N+](=O)[O-])cc1)P(=O)(OC)OC. The maximum atomic E-state index is 12.3. The summed E-state index contributed by atoms with van der Waals surface area (Å²) in [5, 5.41) is 12.7. The predicted molar refractivity (Wildman–Crippen MR) is 78.0 cm³/mol. The molecule has 0 aliphatic rings. The highest BCUT2D eigenvalue weighted by Gasteiger charge is 2.42. The lowest BCUT2D eigenvalue weighted by Gasteiger charge is -2.23. The fourth-order valence-electron chi connectivity index (χ4n) is 1.61. The van der Waals surface area contributed by atoms with Gasteiger partial charge in [0, 0.05) is 31.9 Å². The lowest BCUT2D eigenvalue weighted by Crippen LogP contribution is -2.42. The van der Waals surface area contributed by atoms with Crippen LogP contribution in [0.1, 0.15) is 10.4 Å². The lowest BCUT2D eigenvalue weighted by molar-refractivity contribution is -0.384. The molecule has 0 spiro atoms. The van der Waals surface area contributed by atoms with E-state index in [2.05, 4.69) is 19.1 Å². The third-order valence-corrected chi connectivity index (χ3v) is 4.85. The van der Waals surface area contributed by atoms with Gasteiger partial charge >= 0.3 is 13.6 Å². The second-order valence-corrected chi connectivity index (χ2v) is 6.43. The number of carbonyl (C=O) groups excluding carboxylic acids is 2. The minimum absolute atomic E-state index is 0.0169. The molecule has 10 nitrogen and oxygen atoms in total. The van der Waals surface area contributed by atoms with Crippen molar-refractivity contribution in [2.75, 3.05) is 21.3 Å². The number of nitro benzene ring substituents is 1. The summed E-state index contributed by atoms with van der Waals surface area (Å²) in [4.78, 5) is 33.8. The van der Waals surface area contributed by atoms with Crippen LogP contribution in [0.4, 0.5) is 5.69 Å². The van der Waals surface area contributed by atoms with Gasteiger partial charge in [0.05, 0.1) is 12.0 Å². The highest BCUT2D eigenvalue weighted by atomic mass is 31.2. The fraction of sp³-hybridized carbons (Fsp3) is 0.333. The fourth-order valence-corrected chi connectivity index (χ4v) is 2.82. The number of methoxy groups -OCH3 is 1. The smallest absolute Gasteiger partial charge is 0.363 e. The number of non-ortho nitro benzene ring substituents is 1. The molecule has 1 aromatic carbocycles. The van der Waals surface area contributed by atoms with Crippen molar-refractivity contribution in [3.05, 3.63) is 39.9 Å². The number of benzene rings is 1. The van der Waals surface area contributed by atoms with Crippen LogP contribution in [0.15, 0.2) is 24.3 Å². The Labute approximate surface area is 131 Å². The molecule has 0 saturated carbocycles. The second-order valence-electron chi connectivity index (χ2n) is 4.11. The van der Waals surface area contributed by atoms with Crippen LogP contribution in [0.2, 0.25) is 0 Å². The van der Waals surface area contributed by atoms with Gasteiger partial charge in [-0.25, -0.2) is 4.79 Å². The summed E-state index contributed by atoms with van der Waals surface area (Å²) in [5.41, 5.74) is -0.186. The summed E-state index contributed by atoms with van der Waals surface area (Å²) in [6, 6.07) is 4.61. The zero-order chi connectivity index (χ0) is 17.6. The standard InChI is InChI=1S/C12H15N2O8P/c1-20-12(16)11(23(19,21-2)22-3)13-10(15)8-4-6-9(7-5-8)14(17)18/h4-7,11H,1-3H3,(H,13,15). The van der Waals surface area contributed by atoms with Crippen molar-refractivity contribution in [2.45, 2.75) is 5.78 Å². The third kappa shape index (κ3) is 4.35. The van der Waals surface area contributed by atoms with E-state index in [1.807, 2.05) is 0 Å². The van der Waals surface area contributed by atoms with Gasteiger partial charge in [-0.3, -0.25) is 19.5 Å². The Bertz CT molecular complexity index is 637. The van der Waals surface area contributed by atoms with E-state index in [1.54, 1.807) is 0 Å². The number of rotatable bonds is 7. The van der Waals surface area contributed by atoms with E-state index in [0.717, 1.165) is 33.5 Å². The summed E-state index contributed by atoms with van der Waals surface area (Å²) >= 11 is 0. The molecule has 0 heterocycles. The van der Waals surface area contributed by atoms with Gasteiger partial charge in [0.1, 0.15) is 0 Å². The maximum Gasteiger partial charge on any atom is 0.363 e. The van der Waals surface area contributed by atoms with Crippen LogP contribution in [0.25, 0.3) is 0 Å². The summed E-state index contributed by atoms with van der Waals surface area (Å²) in [7, 11) is -0.826. The zero-order valence-corrected chi connectivity index (χ0v) is 13.4. The molecular weight excluding hydrogens is 331 g/mol. The summed E-state index contributed by atoms with van der Waals surface area (Å²) < 4.78 is 26.2. The first-order valence-corrected chi connectivity index (χ1v) is 7.74. The molecule has 23 heavy (non-hydrogen) atoms. The van der Waals surface area contributed by atoms with Gasteiger partial charge in [0.2, 0.25) is 5.78 Å². The largest absolute Gasteiger partial charge is 0.467 e. The van der Waals surface area contributed by atoms with Crippen molar-refractivity contribution in [3.63, 3.8) is 0 Å². The van der Waals surface area contributed by atoms with Gasteiger partial charge < -0.3 is 19.1 Å². The molecule has 0 aliphatic heterocycles. The van der Waals surface area contributed by atoms with Gasteiger partial charge in [-0.1, -0.05) is 0 Å². The number of carbonyl (C=O) groups is 2. The van der Waals surface area contributed by atoms with Crippen molar-refractivity contribution >= 4 is 25.2 Å². The van der Waals surface area contributed by atoms with E-state index in [4.69, 9.17) is 0 Å². The summed E-state index contributed by atoms with van der Waals surface area (Å²) in [6.07, 6.45) is 0. The summed E-state index contributed by atoms with van der Waals surface area (Å²) in [5.74, 6) is -3.50. The van der Waals surface area contributed by atoms with Crippen LogP contribution in [-0.2, 0) is 23.1 Å². The number of nitrogens with one attached hydrogen (secondary N) is 1. The minimum Gasteiger partial charge on any atom is -0.467 e. The number of amides is 1. The molecule has 1 atom stereocenters. The Morgan fingerprint density at radius 1 is 1.17 bits per heavy atom. The average Bonchev–Trinajstić information content (AvgIpc) is 2.58. The Kier molecular flexibility index (Phi) is 6.38. The quantitative estimate of drug-likeness (QED) is 0.338. The molecule has 0 fully saturated rings. The van der Waals surface area contributed by atoms with E-state index in [0.29, 0.717) is 0 Å². The van der Waals surface area contributed by atoms with Gasteiger partial charge in [-0.05, 0) is 12.1 Å². The highest BCUT2D eigenvalue weighted by molar-refractivity contribution is 7.55. The molecule has 1 rings (SSSR count). The van der Waals surface area contributed by atoms with E-state index in [1.165, 1.54) is 12.1 Å². The van der Waals surface area contributed by atoms with E-state index in [-0.39, 0.29) is 11.3 Å². The van der Waals surface area contributed by atoms with Crippen molar-refractivity contribution < 1.29 is 32.9 Å². The van der Waals surface area contributed by atoms with Crippen LogP contribution >= 0.6 is 7.60 Å². The number of nitro groups is 1. The van der Waals surface area contributed by atoms with Crippen LogP contribution < -0.4 is 5.32 Å². The molecule has 0 aliphatic carbocycles. The number of hydrogen-bond donors (Lipinski definition) is 1. The van der Waals surface area contributed by atoms with Crippen molar-refractivity contribution in [1.29, 1.82) is 0 Å². The zero-order valence-electron chi connectivity index (χ0n) is 12.5. The molecule has 126 valence electrons. The third-order valence-electron chi connectivity index (χ3n) is 2.86. The molecule has 11 heteroatoms. The molecular formula is C12H15N2O8P. The monoisotopic (exact) mass is 346 g/mol. The normalized spacial score (nSPS) is 12.3. The Morgan fingerprint density at radius 2 is 1.70 bits per heavy atom. The van der Waals surface area contributed by atoms with Crippen molar-refractivity contribution in [3.8, 4) is 0 Å². The molecule has 1 unspecified atom stereocenters. The first-order chi connectivity index (χ1) is 10.8. The molecule has 1 aromatic rings. The molecule has 0 aromatic heterocycles. The molecule has 1 N–H and O–H groups in total. The first kappa shape index (κ1) is 18.8. The van der Waals surface area contributed by atoms with E-state index in [9.17, 15) is 24.3 Å². The number of esters is 1. The topological polar surface area (TPSA) is 134 Å². The summed E-state index contributed by atoms with van der Waals surface area (Å²) in [6.45, 7) is 0. The second kappa shape index (κ2) is 7.82. The van der Waals surface area contributed by atoms with Gasteiger partial charge in [-0.2, -0.15) is 0 Å². The average molecular weight is 346 g/mol. The predicted octanol–water partition coefficient (Wildman–Crippen LogP) is 1.31. The van der Waals surface area contributed by atoms with Gasteiger partial charge in [0.25, 0.3) is 11.6 Å². The minimum atomic E-state index is -3.98. The molecule has 1 amide bonds. The Morgan fingerprint density at radius 3 is 2.09 bits per heavy atom. The van der Waals surface area contributed by atoms with Crippen LogP contribution in [0.3, 0.4) is 0 Å². The molecule has 0 radical (unpaired) electrons. The number of ether oxygens (including phenoxy) is 1. The van der Waals surface area contributed by atoms with Gasteiger partial charge in [-0.15, -0.1) is 0 Å². The lowest BCUT2D eigenvalue weighted by atomic mass is 10.2. The maximum absolute atomic E-state index is 12.3. The number of hydrogen-bond acceptors (Lipinski definition) is 8. The van der Waals surface area contributed by atoms with Gasteiger partial charge in [0.15, 0.2) is 0 Å². The van der Waals surface area contributed by atoms with E-state index >= 15 is 0 Å². The van der Waals surface area contributed by atoms with Crippen molar-refractivity contribution in [2.24, 2.45) is 0 Å². The van der Waals surface area contributed by atoms with Crippen LogP contribution in [0, 0.1) is 10.1 Å². The Balaban J connectivity index is 3.03. The van der Waals surface area contributed by atoms with E-state index < -0.39 is 30.2 Å². The van der Waals surface area contributed by atoms with Crippen LogP contribution in [0.5, 0.6) is 0 Å². The Hall–Kier alpha value is -2.29. The van der Waals surface area contributed by atoms with Crippen molar-refractivity contribution in [1.82, 2.24) is 5.32 Å². The number of nitrogens with zero attached hydrogens (tertiary/aromatic N) is 1. The van der Waals surface area contributed by atoms with Crippen LogP contribution in [-0.4, -0.2) is 43.9 Å². The molecule has 0 bridgehead atoms. The first-order valence-electron chi connectivity index (χ1n) is 6.13. The molecule has 0 saturated heterocycles. The highest BCUT2D eigenvalue weighted by Crippen LogP contribution is 2.50.